The first-order valence-corrected chi connectivity index (χ1v) is 22.0. The normalized spacial score (nSPS) is 19.1. The number of nitrogens with zero attached hydrogens (tertiary/aromatic N) is 9. The number of azide groups is 1. The number of aliphatic carboxylic acids is 1. The highest BCUT2D eigenvalue weighted by Crippen LogP contribution is 2.30. The summed E-state index contributed by atoms with van der Waals surface area (Å²) in [7, 11) is 8.58. The maximum absolute atomic E-state index is 14.6. The van der Waals surface area contributed by atoms with E-state index in [0.717, 1.165) is 12.0 Å². The molecule has 3 rings (SSSR count). The number of carbonyl (C=O) groups is 5. The van der Waals surface area contributed by atoms with E-state index in [9.17, 15) is 29.1 Å². The molecule has 8 atom stereocenters. The van der Waals surface area contributed by atoms with Gasteiger partial charge in [-0.3, -0.25) is 19.2 Å². The smallest absolute Gasteiger partial charge is 0.326 e. The third-order valence-corrected chi connectivity index (χ3v) is 12.3. The number of likely N-dealkylation sites (tertiary alicyclic amines) is 1. The van der Waals surface area contributed by atoms with Crippen LogP contribution in [0.4, 0.5) is 0 Å². The van der Waals surface area contributed by atoms with Crippen LogP contribution >= 0.6 is 0 Å². The number of piperazine rings is 1. The van der Waals surface area contributed by atoms with Crippen LogP contribution in [0.1, 0.15) is 78.7 Å². The molecule has 62 heavy (non-hydrogen) atoms. The maximum Gasteiger partial charge on any atom is 0.326 e. The molecule has 2 aliphatic heterocycles. The van der Waals surface area contributed by atoms with Crippen molar-refractivity contribution in [2.75, 3.05) is 74.6 Å². The lowest BCUT2D eigenvalue weighted by atomic mass is 9.89. The SMILES string of the molecule is CC[C@H](C)[C@@H]([C@@H](CC(=O)N1CCC[C@H]1[C@H](OC)[C@@H](C)C(=O)N[C@@H](Cc1ccccc1)C(=O)O)OC)N(C)C(=O)[C@@H](N=C(N(C)C)N1CCN(C(=O)CCCN=[N+]=[N-])CC1)C(C)C. The lowest BCUT2D eigenvalue weighted by molar-refractivity contribution is -0.147. The first-order valence-electron chi connectivity index (χ1n) is 22.0. The summed E-state index contributed by atoms with van der Waals surface area (Å²) >= 11 is 0. The second-order valence-electron chi connectivity index (χ2n) is 17.1. The molecule has 0 unspecified atom stereocenters. The van der Waals surface area contributed by atoms with Crippen molar-refractivity contribution in [1.29, 1.82) is 0 Å². The number of methoxy groups -OCH3 is 2. The van der Waals surface area contributed by atoms with Crippen LogP contribution in [0.15, 0.2) is 40.4 Å². The Morgan fingerprint density at radius 1 is 0.952 bits per heavy atom. The van der Waals surface area contributed by atoms with Gasteiger partial charge >= 0.3 is 5.97 Å². The molecule has 0 spiro atoms. The first-order chi connectivity index (χ1) is 29.5. The number of carboxylic acids is 1. The molecule has 2 N–H and O–H groups in total. The Kier molecular flexibility index (Phi) is 20.9. The van der Waals surface area contributed by atoms with Gasteiger partial charge in [-0.25, -0.2) is 9.79 Å². The predicted molar refractivity (Wildman–Crippen MR) is 237 cm³/mol. The van der Waals surface area contributed by atoms with Crippen LogP contribution in [0, 0.1) is 17.8 Å². The fraction of sp³-hybridized carbons (Fsp3) is 0.727. The van der Waals surface area contributed by atoms with Gasteiger partial charge in [-0.05, 0) is 42.2 Å². The topological polar surface area (TPSA) is 213 Å². The second-order valence-corrected chi connectivity index (χ2v) is 17.1. The van der Waals surface area contributed by atoms with Crippen molar-refractivity contribution in [3.63, 3.8) is 0 Å². The van der Waals surface area contributed by atoms with Gasteiger partial charge in [-0.2, -0.15) is 0 Å². The van der Waals surface area contributed by atoms with Crippen molar-refractivity contribution in [2.45, 2.75) is 116 Å². The van der Waals surface area contributed by atoms with E-state index in [-0.39, 0.29) is 48.9 Å². The van der Waals surface area contributed by atoms with Crippen molar-refractivity contribution < 1.29 is 38.6 Å². The molecular formula is C44H72N10O8. The minimum atomic E-state index is -1.14. The Hall–Kier alpha value is -4.93. The number of amides is 4. The van der Waals surface area contributed by atoms with Gasteiger partial charge in [0.25, 0.3) is 0 Å². The van der Waals surface area contributed by atoms with E-state index in [1.165, 1.54) is 7.11 Å². The Balaban J connectivity index is 1.78. The van der Waals surface area contributed by atoms with Crippen LogP contribution in [-0.2, 0) is 39.9 Å². The number of carboxylic acid groups (broad SMARTS) is 1. The Labute approximate surface area is 367 Å². The Bertz CT molecular complexity index is 1700. The highest BCUT2D eigenvalue weighted by atomic mass is 16.5. The van der Waals surface area contributed by atoms with Crippen LogP contribution in [0.5, 0.6) is 0 Å². The average molecular weight is 869 g/mol. The average Bonchev–Trinajstić information content (AvgIpc) is 3.74. The van der Waals surface area contributed by atoms with Gasteiger partial charge in [0.05, 0.1) is 36.6 Å². The maximum atomic E-state index is 14.6. The molecule has 0 saturated carbocycles. The number of aliphatic imine (C=N–C) groups is 1. The summed E-state index contributed by atoms with van der Waals surface area (Å²) in [5, 5.41) is 16.1. The van der Waals surface area contributed by atoms with Crippen LogP contribution in [0.2, 0.25) is 0 Å². The molecule has 4 amide bonds. The molecule has 346 valence electrons. The summed E-state index contributed by atoms with van der Waals surface area (Å²) in [6.45, 7) is 12.5. The third kappa shape index (κ3) is 14.0. The zero-order chi connectivity index (χ0) is 46.1. The van der Waals surface area contributed by atoms with E-state index in [2.05, 4.69) is 20.2 Å². The van der Waals surface area contributed by atoms with E-state index < -0.39 is 54.2 Å². The molecule has 0 radical (unpaired) electrons. The molecule has 18 heteroatoms. The summed E-state index contributed by atoms with van der Waals surface area (Å²) in [6, 6.07) is 6.31. The second kappa shape index (κ2) is 25.2. The van der Waals surface area contributed by atoms with E-state index in [4.69, 9.17) is 20.0 Å². The summed E-state index contributed by atoms with van der Waals surface area (Å²) in [6.07, 6.45) is 1.58. The van der Waals surface area contributed by atoms with Crippen molar-refractivity contribution in [3.8, 4) is 0 Å². The van der Waals surface area contributed by atoms with Crippen LogP contribution < -0.4 is 5.32 Å². The van der Waals surface area contributed by atoms with Crippen molar-refractivity contribution in [1.82, 2.24) is 29.8 Å². The quantitative estimate of drug-likeness (QED) is 0.0429. The molecule has 18 nitrogen and oxygen atoms in total. The van der Waals surface area contributed by atoms with E-state index in [1.807, 2.05) is 81.9 Å². The van der Waals surface area contributed by atoms with E-state index >= 15 is 0 Å². The van der Waals surface area contributed by atoms with Gasteiger partial charge in [-0.15, -0.1) is 0 Å². The number of rotatable bonds is 22. The van der Waals surface area contributed by atoms with Crippen LogP contribution in [0.25, 0.3) is 10.4 Å². The molecule has 0 aliphatic carbocycles. The van der Waals surface area contributed by atoms with Gasteiger partial charge in [0, 0.05) is 92.4 Å². The fourth-order valence-electron chi connectivity index (χ4n) is 8.62. The van der Waals surface area contributed by atoms with Gasteiger partial charge in [-0.1, -0.05) is 76.5 Å². The van der Waals surface area contributed by atoms with E-state index in [0.29, 0.717) is 64.4 Å². The Morgan fingerprint density at radius 3 is 2.15 bits per heavy atom. The van der Waals surface area contributed by atoms with E-state index in [1.54, 1.807) is 30.9 Å². The zero-order valence-corrected chi connectivity index (χ0v) is 38.6. The molecule has 2 fully saturated rings. The van der Waals surface area contributed by atoms with Crippen molar-refractivity contribution in [2.24, 2.45) is 27.9 Å². The monoisotopic (exact) mass is 869 g/mol. The van der Waals surface area contributed by atoms with Gasteiger partial charge in [0.15, 0.2) is 5.96 Å². The van der Waals surface area contributed by atoms with Crippen molar-refractivity contribution in [3.05, 3.63) is 46.3 Å². The summed E-state index contributed by atoms with van der Waals surface area (Å²) in [5.74, 6) is -2.32. The molecular weight excluding hydrogens is 797 g/mol. The molecule has 2 heterocycles. The summed E-state index contributed by atoms with van der Waals surface area (Å²) < 4.78 is 12.0. The molecule has 1 aromatic carbocycles. The van der Waals surface area contributed by atoms with Gasteiger partial charge in [0.1, 0.15) is 12.1 Å². The highest BCUT2D eigenvalue weighted by Gasteiger charge is 2.43. The number of guanidine groups is 1. The summed E-state index contributed by atoms with van der Waals surface area (Å²) in [5.41, 5.74) is 9.30. The fourth-order valence-corrected chi connectivity index (χ4v) is 8.62. The molecule has 0 aromatic heterocycles. The number of nitrogens with one attached hydrogen (secondary N) is 1. The molecule has 2 saturated heterocycles. The molecule has 1 aromatic rings. The van der Waals surface area contributed by atoms with Gasteiger partial charge < -0.3 is 44.4 Å². The van der Waals surface area contributed by atoms with Crippen molar-refractivity contribution >= 4 is 35.6 Å². The first kappa shape index (κ1) is 51.4. The standard InChI is InChI=1S/C44H72N10O8/c1-11-30(4)39(51(8)42(58)38(29(2)3)48-44(50(6)7)53-25-23-52(24-26-53)36(55)20-15-21-46-49-45)35(61-9)28-37(56)54-22-16-19-34(54)40(62-10)31(5)41(57)47-33(43(59)60)27-32-17-13-12-14-18-32/h12-14,17-18,29-31,33-35,38-40H,11,15-16,19-28H2,1-10H3,(H,47,57)(H,59,60)/t30-,31+,33-,34-,35+,38-,39-,40+/m0/s1. The number of hydrogen-bond donors (Lipinski definition) is 2. The van der Waals surface area contributed by atoms with Gasteiger partial charge in [0.2, 0.25) is 23.6 Å². The molecule has 0 bridgehead atoms. The number of ether oxygens (including phenoxy) is 2. The lowest BCUT2D eigenvalue weighted by Crippen LogP contribution is -2.56. The summed E-state index contributed by atoms with van der Waals surface area (Å²) in [4.78, 5) is 84.6. The number of benzene rings is 1. The Morgan fingerprint density at radius 2 is 1.60 bits per heavy atom. The zero-order valence-electron chi connectivity index (χ0n) is 38.6. The number of carbonyl (C=O) groups excluding carboxylic acids is 4. The predicted octanol–water partition coefficient (Wildman–Crippen LogP) is 3.90. The minimum Gasteiger partial charge on any atom is -0.480 e. The highest BCUT2D eigenvalue weighted by molar-refractivity contribution is 5.88. The lowest BCUT2D eigenvalue weighted by Gasteiger charge is -2.41. The minimum absolute atomic E-state index is 0.0120. The number of hydrogen-bond acceptors (Lipinski definition) is 9. The molecule has 2 aliphatic rings. The third-order valence-electron chi connectivity index (χ3n) is 12.3. The van der Waals surface area contributed by atoms with Crippen LogP contribution in [-0.4, -0.2) is 176 Å². The largest absolute Gasteiger partial charge is 0.480 e. The van der Waals surface area contributed by atoms with Crippen LogP contribution in [0.3, 0.4) is 0 Å². The number of likely N-dealkylation sites (N-methyl/N-ethyl adjacent to an activating group) is 1.